The van der Waals surface area contributed by atoms with Crippen molar-refractivity contribution < 1.29 is 32.1 Å². The van der Waals surface area contributed by atoms with Crippen LogP contribution >= 0.6 is 0 Å². The molecule has 0 fully saturated rings. The van der Waals surface area contributed by atoms with Crippen LogP contribution in [0.15, 0.2) is 84.9 Å². The van der Waals surface area contributed by atoms with Crippen molar-refractivity contribution in [2.24, 2.45) is 0 Å². The number of benzene rings is 4. The van der Waals surface area contributed by atoms with E-state index < -0.39 is 16.7 Å². The molecule has 0 heterocycles. The largest absolute Gasteiger partial charge is 0.497 e. The molecule has 240 valence electrons. The number of hydrogen-bond donors (Lipinski definition) is 1. The molecule has 1 N–H and O–H groups in total. The van der Waals surface area contributed by atoms with Gasteiger partial charge in [-0.1, -0.05) is 55.5 Å². The number of methoxy groups -OCH3 is 4. The summed E-state index contributed by atoms with van der Waals surface area (Å²) in [4.78, 5) is 12.6. The summed E-state index contributed by atoms with van der Waals surface area (Å²) < 4.78 is 41.1. The summed E-state index contributed by atoms with van der Waals surface area (Å²) in [5.41, 5.74) is 4.75. The predicted octanol–water partition coefficient (Wildman–Crippen LogP) is 7.19. The minimum atomic E-state index is -1.97. The third-order valence-corrected chi connectivity index (χ3v) is 8.30. The Morgan fingerprint density at radius 1 is 0.711 bits per heavy atom. The van der Waals surface area contributed by atoms with Crippen LogP contribution in [-0.4, -0.2) is 38.6 Å². The zero-order chi connectivity index (χ0) is 33.0. The molecule has 0 saturated carbocycles. The molecule has 0 spiro atoms. The highest BCUT2D eigenvalue weighted by molar-refractivity contribution is 7.79. The highest BCUT2D eigenvalue weighted by atomic mass is 32.2. The number of amides is 1. The monoisotopic (exact) mass is 633 g/mol. The van der Waals surface area contributed by atoms with E-state index in [-0.39, 0.29) is 12.3 Å². The van der Waals surface area contributed by atoms with Crippen molar-refractivity contribution in [3.8, 4) is 28.7 Å². The zero-order valence-electron chi connectivity index (χ0n) is 27.3. The lowest BCUT2D eigenvalue weighted by Crippen LogP contribution is -2.31. The molecular weight excluding hydrogens is 590 g/mol. The first-order chi connectivity index (χ1) is 21.5. The second-order valence-electron chi connectivity index (χ2n) is 10.7. The molecule has 9 heteroatoms. The summed E-state index contributed by atoms with van der Waals surface area (Å²) in [5.74, 6) is 3.26. The van der Waals surface area contributed by atoms with E-state index in [4.69, 9.17) is 23.1 Å². The van der Waals surface area contributed by atoms with Crippen LogP contribution < -0.4 is 27.9 Å². The molecule has 1 atom stereocenters. The van der Waals surface area contributed by atoms with Gasteiger partial charge in [-0.15, -0.1) is 0 Å². The van der Waals surface area contributed by atoms with Crippen molar-refractivity contribution in [3.63, 3.8) is 0 Å². The van der Waals surface area contributed by atoms with E-state index in [1.165, 1.54) is 5.56 Å². The van der Waals surface area contributed by atoms with Crippen LogP contribution in [0.5, 0.6) is 28.7 Å². The lowest BCUT2D eigenvalue weighted by Gasteiger charge is -2.31. The quantitative estimate of drug-likeness (QED) is 0.177. The van der Waals surface area contributed by atoms with Crippen molar-refractivity contribution in [2.45, 2.75) is 46.0 Å². The van der Waals surface area contributed by atoms with Gasteiger partial charge in [0.05, 0.1) is 28.4 Å². The molecule has 4 aromatic carbocycles. The van der Waals surface area contributed by atoms with Gasteiger partial charge in [0.25, 0.3) is 0 Å². The Labute approximate surface area is 269 Å². The minimum Gasteiger partial charge on any atom is -0.497 e. The standard InChI is InChI=1S/C26H29NO5S.C10H14O2/c1-19-7-5-6-8-24(19)32-33(29)27-25(28)17-18-26(2,20-9-13-22(30-3)14-10-20)21-11-15-23(31-4)16-12-21;1-7-5-8(2)10(12-4)9(6-7)11-3/h5-16H,17-18H2,1-4H3,(H,27,28);5-6H,1-4H3. The number of aryl methyl sites for hydroxylation is 3. The molecule has 1 amide bonds. The Morgan fingerprint density at radius 2 is 1.27 bits per heavy atom. The Kier molecular flexibility index (Phi) is 12.9. The third-order valence-electron chi connectivity index (χ3n) is 7.57. The fraction of sp³-hybridized carbons (Fsp3) is 0.306. The number of carbonyl (C=O) groups excluding carboxylic acids is 1. The van der Waals surface area contributed by atoms with Crippen molar-refractivity contribution in [3.05, 3.63) is 113 Å². The van der Waals surface area contributed by atoms with Crippen LogP contribution in [0, 0.1) is 20.8 Å². The molecule has 0 aromatic heterocycles. The van der Waals surface area contributed by atoms with Gasteiger partial charge in [0.15, 0.2) is 11.5 Å². The van der Waals surface area contributed by atoms with Gasteiger partial charge < -0.3 is 23.1 Å². The van der Waals surface area contributed by atoms with E-state index in [0.717, 1.165) is 45.3 Å². The van der Waals surface area contributed by atoms with Crippen molar-refractivity contribution >= 4 is 17.2 Å². The Hall–Kier alpha value is -4.50. The maximum atomic E-state index is 12.6. The van der Waals surface area contributed by atoms with Gasteiger partial charge in [0.1, 0.15) is 17.2 Å². The van der Waals surface area contributed by atoms with Crippen LogP contribution in [0.25, 0.3) is 0 Å². The van der Waals surface area contributed by atoms with Crippen LogP contribution in [0.3, 0.4) is 0 Å². The molecule has 1 unspecified atom stereocenters. The van der Waals surface area contributed by atoms with Gasteiger partial charge in [-0.3, -0.25) is 4.79 Å². The number of ether oxygens (including phenoxy) is 4. The zero-order valence-corrected chi connectivity index (χ0v) is 28.1. The van der Waals surface area contributed by atoms with E-state index in [1.807, 2.05) is 87.5 Å². The van der Waals surface area contributed by atoms with E-state index in [0.29, 0.717) is 12.2 Å². The second-order valence-corrected chi connectivity index (χ2v) is 11.6. The second kappa shape index (κ2) is 16.5. The smallest absolute Gasteiger partial charge is 0.318 e. The molecule has 0 aliphatic carbocycles. The number of para-hydroxylation sites is 1. The van der Waals surface area contributed by atoms with Gasteiger partial charge >= 0.3 is 11.3 Å². The summed E-state index contributed by atoms with van der Waals surface area (Å²) in [6.45, 7) is 7.98. The van der Waals surface area contributed by atoms with Gasteiger partial charge in [0.2, 0.25) is 5.91 Å². The maximum absolute atomic E-state index is 12.6. The molecule has 45 heavy (non-hydrogen) atoms. The summed E-state index contributed by atoms with van der Waals surface area (Å²) in [7, 11) is 6.55. The highest BCUT2D eigenvalue weighted by Crippen LogP contribution is 2.38. The average molecular weight is 634 g/mol. The summed E-state index contributed by atoms with van der Waals surface area (Å²) >= 11 is -1.97. The molecule has 0 aliphatic heterocycles. The number of rotatable bonds is 12. The van der Waals surface area contributed by atoms with Gasteiger partial charge in [-0.2, -0.15) is 4.21 Å². The average Bonchev–Trinajstić information content (AvgIpc) is 3.04. The predicted molar refractivity (Wildman–Crippen MR) is 179 cm³/mol. The van der Waals surface area contributed by atoms with Crippen molar-refractivity contribution in [2.75, 3.05) is 28.4 Å². The van der Waals surface area contributed by atoms with Crippen molar-refractivity contribution in [1.82, 2.24) is 4.72 Å². The fourth-order valence-corrected chi connectivity index (χ4v) is 5.64. The first-order valence-corrected chi connectivity index (χ1v) is 15.6. The normalized spacial score (nSPS) is 11.4. The lowest BCUT2D eigenvalue weighted by atomic mass is 9.73. The summed E-state index contributed by atoms with van der Waals surface area (Å²) in [5, 5.41) is 0. The molecule has 0 radical (unpaired) electrons. The highest BCUT2D eigenvalue weighted by Gasteiger charge is 2.30. The molecule has 4 aromatic rings. The first-order valence-electron chi connectivity index (χ1n) is 14.5. The molecule has 8 nitrogen and oxygen atoms in total. The molecule has 0 saturated heterocycles. The van der Waals surface area contributed by atoms with Crippen LogP contribution in [0.4, 0.5) is 0 Å². The van der Waals surface area contributed by atoms with E-state index >= 15 is 0 Å². The van der Waals surface area contributed by atoms with Crippen LogP contribution in [0.2, 0.25) is 0 Å². The third kappa shape index (κ3) is 9.49. The summed E-state index contributed by atoms with van der Waals surface area (Å²) in [6, 6.07) is 26.9. The minimum absolute atomic E-state index is 0.164. The van der Waals surface area contributed by atoms with E-state index in [1.54, 1.807) is 40.6 Å². The Bertz CT molecular complexity index is 1520. The maximum Gasteiger partial charge on any atom is 0.318 e. The number of hydrogen-bond acceptors (Lipinski definition) is 7. The molecule has 4 rings (SSSR count). The SMILES string of the molecule is COc1cc(C)cc(C)c1OC.COc1ccc(C(C)(CCC(=O)NS(=O)Oc2ccccc2C)c2ccc(OC)cc2)cc1. The van der Waals surface area contributed by atoms with Crippen LogP contribution in [0.1, 0.15) is 47.6 Å². The Morgan fingerprint density at radius 3 is 1.76 bits per heavy atom. The first kappa shape index (κ1) is 35.0. The fourth-order valence-electron chi connectivity index (χ4n) is 4.96. The summed E-state index contributed by atoms with van der Waals surface area (Å²) in [6.07, 6.45) is 0.663. The van der Waals surface area contributed by atoms with Gasteiger partial charge in [-0.05, 0) is 91.4 Å². The lowest BCUT2D eigenvalue weighted by molar-refractivity contribution is -0.119. The number of nitrogens with one attached hydrogen (secondary N) is 1. The van der Waals surface area contributed by atoms with Crippen molar-refractivity contribution in [1.29, 1.82) is 0 Å². The van der Waals surface area contributed by atoms with Crippen LogP contribution in [-0.2, 0) is 21.5 Å². The van der Waals surface area contributed by atoms with E-state index in [9.17, 15) is 9.00 Å². The van der Waals surface area contributed by atoms with Gasteiger partial charge in [-0.25, -0.2) is 4.72 Å². The topological polar surface area (TPSA) is 92.3 Å². The molecule has 0 bridgehead atoms. The van der Waals surface area contributed by atoms with E-state index in [2.05, 4.69) is 17.7 Å². The Balaban J connectivity index is 0.000000385. The molecular formula is C36H43NO7S. The van der Waals surface area contributed by atoms with Gasteiger partial charge in [0, 0.05) is 11.8 Å². The molecule has 0 aliphatic rings. The number of carbonyl (C=O) groups is 1.